The maximum atomic E-state index is 14.2. The van der Waals surface area contributed by atoms with Crippen molar-refractivity contribution in [2.75, 3.05) is 11.5 Å². The van der Waals surface area contributed by atoms with Gasteiger partial charge in [0.15, 0.2) is 15.7 Å². The number of rotatable bonds is 4. The first-order valence-corrected chi connectivity index (χ1v) is 9.69. The van der Waals surface area contributed by atoms with Crippen LogP contribution in [-0.4, -0.2) is 41.4 Å². The van der Waals surface area contributed by atoms with Crippen LogP contribution in [0.3, 0.4) is 0 Å². The molecule has 25 heavy (non-hydrogen) atoms. The Hall–Kier alpha value is -1.97. The van der Waals surface area contributed by atoms with E-state index >= 15 is 0 Å². The molecule has 1 amide bonds. The summed E-state index contributed by atoms with van der Waals surface area (Å²) in [6.07, 6.45) is 3.68. The molecule has 2 heterocycles. The molecule has 1 aliphatic rings. The zero-order chi connectivity index (χ0) is 18.2. The average molecular weight is 387 g/mol. The zero-order valence-electron chi connectivity index (χ0n) is 13.3. The van der Waals surface area contributed by atoms with Crippen molar-refractivity contribution in [1.82, 2.24) is 20.4 Å². The van der Waals surface area contributed by atoms with Gasteiger partial charge in [-0.2, -0.15) is 0 Å². The van der Waals surface area contributed by atoms with E-state index in [9.17, 15) is 17.6 Å². The first-order valence-electron chi connectivity index (χ1n) is 7.49. The lowest BCUT2D eigenvalue weighted by atomic mass is 10.1. The second-order valence-electron chi connectivity index (χ2n) is 5.94. The van der Waals surface area contributed by atoms with E-state index in [0.29, 0.717) is 17.7 Å². The Kier molecular flexibility index (Phi) is 4.81. The Balaban J connectivity index is 1.78. The number of nitrogens with one attached hydrogen (secondary N) is 2. The molecule has 1 aromatic carbocycles. The summed E-state index contributed by atoms with van der Waals surface area (Å²) in [6.45, 7) is 0. The van der Waals surface area contributed by atoms with Gasteiger partial charge in [0.1, 0.15) is 0 Å². The quantitative estimate of drug-likeness (QED) is 0.772. The number of carbonyl (C=O) groups excluding carboxylic acids is 1. The van der Waals surface area contributed by atoms with Gasteiger partial charge in [0.25, 0.3) is 5.91 Å². The number of benzene rings is 1. The number of aromatic nitrogens is 2. The van der Waals surface area contributed by atoms with E-state index in [4.69, 9.17) is 11.6 Å². The van der Waals surface area contributed by atoms with Gasteiger partial charge in [-0.1, -0.05) is 11.6 Å². The molecule has 1 aromatic heterocycles. The summed E-state index contributed by atoms with van der Waals surface area (Å²) in [6, 6.07) is 2.35. The van der Waals surface area contributed by atoms with Crippen LogP contribution in [-0.2, 0) is 16.9 Å². The molecular weight excluding hydrogens is 371 g/mol. The fourth-order valence-corrected chi connectivity index (χ4v) is 4.50. The molecule has 0 bridgehead atoms. The molecule has 0 aliphatic carbocycles. The number of aryl methyl sites for hydroxylation is 1. The third-order valence-electron chi connectivity index (χ3n) is 3.90. The van der Waals surface area contributed by atoms with Gasteiger partial charge in [0.2, 0.25) is 0 Å². The van der Waals surface area contributed by atoms with Crippen LogP contribution in [0.2, 0.25) is 5.02 Å². The lowest BCUT2D eigenvalue weighted by Gasteiger charge is -2.13. The van der Waals surface area contributed by atoms with Gasteiger partial charge >= 0.3 is 0 Å². The Labute approximate surface area is 149 Å². The van der Waals surface area contributed by atoms with E-state index in [2.05, 4.69) is 15.8 Å². The summed E-state index contributed by atoms with van der Waals surface area (Å²) in [5.74, 6) is -1.58. The number of sulfone groups is 1. The van der Waals surface area contributed by atoms with Crippen molar-refractivity contribution in [2.45, 2.75) is 12.5 Å². The van der Waals surface area contributed by atoms with Gasteiger partial charge in [-0.3, -0.25) is 10.2 Å². The highest BCUT2D eigenvalue weighted by atomic mass is 35.5. The van der Waals surface area contributed by atoms with E-state index < -0.39 is 27.6 Å². The standard InChI is InChI=1S/C15H16ClFN4O3S/c1-21-6-13(18-8-21)9-4-11(14(17)12(16)5-9)15(22)20-19-10-2-3-25(23,24)7-10/h4-6,8,10,19H,2-3,7H2,1H3,(H,20,22). The summed E-state index contributed by atoms with van der Waals surface area (Å²) in [5, 5.41) is -0.197. The molecule has 7 nitrogen and oxygen atoms in total. The van der Waals surface area contributed by atoms with Gasteiger partial charge < -0.3 is 4.57 Å². The molecule has 0 spiro atoms. The topological polar surface area (TPSA) is 93.1 Å². The highest BCUT2D eigenvalue weighted by Crippen LogP contribution is 2.27. The minimum absolute atomic E-state index is 0.0650. The first-order chi connectivity index (χ1) is 11.7. The molecule has 1 unspecified atom stereocenters. The summed E-state index contributed by atoms with van der Waals surface area (Å²) in [5.41, 5.74) is 5.79. The minimum atomic E-state index is -3.08. The maximum Gasteiger partial charge on any atom is 0.268 e. The number of amides is 1. The van der Waals surface area contributed by atoms with Crippen LogP contribution in [0.5, 0.6) is 0 Å². The van der Waals surface area contributed by atoms with Crippen LogP contribution < -0.4 is 10.9 Å². The highest BCUT2D eigenvalue weighted by molar-refractivity contribution is 7.91. The van der Waals surface area contributed by atoms with Crippen LogP contribution >= 0.6 is 11.6 Å². The van der Waals surface area contributed by atoms with Crippen LogP contribution in [0.1, 0.15) is 16.8 Å². The molecular formula is C15H16ClFN4O3S. The lowest BCUT2D eigenvalue weighted by Crippen LogP contribution is -2.45. The number of nitrogens with zero attached hydrogens (tertiary/aromatic N) is 2. The number of halogens is 2. The van der Waals surface area contributed by atoms with E-state index in [0.717, 1.165) is 0 Å². The van der Waals surface area contributed by atoms with Crippen LogP contribution in [0.15, 0.2) is 24.7 Å². The smallest absolute Gasteiger partial charge is 0.268 e. The monoisotopic (exact) mass is 386 g/mol. The second kappa shape index (κ2) is 6.74. The van der Waals surface area contributed by atoms with E-state index in [1.54, 1.807) is 24.1 Å². The SMILES string of the molecule is Cn1cnc(-c2cc(Cl)c(F)c(C(=O)NNC3CCS(=O)(=O)C3)c2)c1. The van der Waals surface area contributed by atoms with E-state index in [1.165, 1.54) is 12.1 Å². The molecule has 1 aliphatic heterocycles. The average Bonchev–Trinajstić information content (AvgIpc) is 3.13. The Bertz CT molecular complexity index is 929. The van der Waals surface area contributed by atoms with Crippen molar-refractivity contribution < 1.29 is 17.6 Å². The molecule has 3 rings (SSSR count). The maximum absolute atomic E-state index is 14.2. The Morgan fingerprint density at radius 3 is 2.80 bits per heavy atom. The number of hydrogen-bond donors (Lipinski definition) is 2. The molecule has 2 aromatic rings. The molecule has 0 saturated carbocycles. The predicted molar refractivity (Wildman–Crippen MR) is 91.3 cm³/mol. The van der Waals surface area contributed by atoms with Crippen molar-refractivity contribution in [3.8, 4) is 11.3 Å². The number of hydrogen-bond acceptors (Lipinski definition) is 5. The molecule has 2 N–H and O–H groups in total. The van der Waals surface area contributed by atoms with Crippen molar-refractivity contribution in [3.05, 3.63) is 41.1 Å². The largest absolute Gasteiger partial charge is 0.340 e. The van der Waals surface area contributed by atoms with E-state index in [-0.39, 0.29) is 22.1 Å². The Morgan fingerprint density at radius 1 is 1.44 bits per heavy atom. The molecule has 1 saturated heterocycles. The van der Waals surface area contributed by atoms with E-state index in [1.807, 2.05) is 0 Å². The van der Waals surface area contributed by atoms with Gasteiger partial charge in [-0.15, -0.1) is 0 Å². The van der Waals surface area contributed by atoms with Gasteiger partial charge in [0, 0.05) is 24.8 Å². The van der Waals surface area contributed by atoms with Gasteiger partial charge in [0.05, 0.1) is 34.1 Å². The number of carbonyl (C=O) groups is 1. The summed E-state index contributed by atoms with van der Waals surface area (Å²) >= 11 is 5.90. The minimum Gasteiger partial charge on any atom is -0.340 e. The molecule has 1 fully saturated rings. The second-order valence-corrected chi connectivity index (χ2v) is 8.58. The van der Waals surface area contributed by atoms with Crippen molar-refractivity contribution in [2.24, 2.45) is 7.05 Å². The number of imidazole rings is 1. The normalized spacial score (nSPS) is 19.1. The molecule has 134 valence electrons. The molecule has 0 radical (unpaired) electrons. The number of hydrazine groups is 1. The fraction of sp³-hybridized carbons (Fsp3) is 0.333. The van der Waals surface area contributed by atoms with Crippen molar-refractivity contribution >= 4 is 27.3 Å². The van der Waals surface area contributed by atoms with Gasteiger partial charge in [-0.05, 0) is 18.6 Å². The van der Waals surface area contributed by atoms with Crippen molar-refractivity contribution in [1.29, 1.82) is 0 Å². The Morgan fingerprint density at radius 2 is 2.20 bits per heavy atom. The zero-order valence-corrected chi connectivity index (χ0v) is 14.9. The first kappa shape index (κ1) is 17.8. The lowest BCUT2D eigenvalue weighted by molar-refractivity contribution is 0.0922. The summed E-state index contributed by atoms with van der Waals surface area (Å²) < 4.78 is 38.8. The highest BCUT2D eigenvalue weighted by Gasteiger charge is 2.28. The van der Waals surface area contributed by atoms with Crippen molar-refractivity contribution in [3.63, 3.8) is 0 Å². The van der Waals surface area contributed by atoms with Crippen LogP contribution in [0.4, 0.5) is 4.39 Å². The third kappa shape index (κ3) is 4.00. The van der Waals surface area contributed by atoms with Crippen LogP contribution in [0, 0.1) is 5.82 Å². The molecule has 1 atom stereocenters. The fourth-order valence-electron chi connectivity index (χ4n) is 2.61. The van der Waals surface area contributed by atoms with Crippen LogP contribution in [0.25, 0.3) is 11.3 Å². The third-order valence-corrected chi connectivity index (χ3v) is 5.94. The summed E-state index contributed by atoms with van der Waals surface area (Å²) in [4.78, 5) is 16.4. The molecule has 10 heteroatoms. The van der Waals surface area contributed by atoms with Gasteiger partial charge in [-0.25, -0.2) is 23.2 Å². The predicted octanol–water partition coefficient (Wildman–Crippen LogP) is 1.30. The summed E-state index contributed by atoms with van der Waals surface area (Å²) in [7, 11) is -1.30.